The van der Waals surface area contributed by atoms with Gasteiger partial charge < -0.3 is 34.4 Å². The number of nitrogens with one attached hydrogen (secondary N) is 1. The Morgan fingerprint density at radius 3 is 2.74 bits per heavy atom. The van der Waals surface area contributed by atoms with Crippen molar-refractivity contribution in [3.63, 3.8) is 0 Å². The Balaban J connectivity index is 1.40. The molecule has 2 aromatic carbocycles. The Morgan fingerprint density at radius 2 is 2.00 bits per heavy atom. The molecule has 1 aliphatic heterocycles. The summed E-state index contributed by atoms with van der Waals surface area (Å²) in [5.74, 6) is -0.259. The van der Waals surface area contributed by atoms with Gasteiger partial charge in [-0.05, 0) is 80.5 Å². The quantitative estimate of drug-likeness (QED) is 0.114. The van der Waals surface area contributed by atoms with Gasteiger partial charge in [0.25, 0.3) is 0 Å². The molecule has 1 aliphatic carbocycles. The summed E-state index contributed by atoms with van der Waals surface area (Å²) < 4.78 is 19.7. The highest BCUT2D eigenvalue weighted by Gasteiger charge is 2.40. The van der Waals surface area contributed by atoms with Gasteiger partial charge in [-0.25, -0.2) is 0 Å². The van der Waals surface area contributed by atoms with Crippen LogP contribution in [0.25, 0.3) is 5.57 Å². The van der Waals surface area contributed by atoms with Gasteiger partial charge >= 0.3 is 5.97 Å². The third-order valence-corrected chi connectivity index (χ3v) is 10.8. The molecule has 4 unspecified atom stereocenters. The predicted octanol–water partition coefficient (Wildman–Crippen LogP) is 5.94. The van der Waals surface area contributed by atoms with E-state index in [1.807, 2.05) is 18.2 Å². The number of ether oxygens (including phenoxy) is 3. The number of aliphatic carboxylic acids is 1. The molecule has 4 N–H and O–H groups in total. The van der Waals surface area contributed by atoms with E-state index in [9.17, 15) is 25.4 Å². The van der Waals surface area contributed by atoms with Gasteiger partial charge in [0, 0.05) is 68.4 Å². The van der Waals surface area contributed by atoms with E-state index >= 15 is 0 Å². The number of pyridine rings is 1. The van der Waals surface area contributed by atoms with Crippen LogP contribution in [0.15, 0.2) is 73.1 Å². The number of hydrogen-bond acceptors (Lipinski definition) is 10. The average molecular weight is 759 g/mol. The molecular weight excluding hydrogens is 708 g/mol. The highest BCUT2D eigenvalue weighted by atomic mass is 35.5. The molecule has 11 nitrogen and oxygen atoms in total. The van der Waals surface area contributed by atoms with E-state index in [0.717, 1.165) is 55.6 Å². The first-order valence-electron chi connectivity index (χ1n) is 18.4. The van der Waals surface area contributed by atoms with Crippen LogP contribution in [0.3, 0.4) is 0 Å². The van der Waals surface area contributed by atoms with Crippen LogP contribution < -0.4 is 14.8 Å². The lowest BCUT2D eigenvalue weighted by Crippen LogP contribution is -2.52. The van der Waals surface area contributed by atoms with E-state index in [-0.39, 0.29) is 37.3 Å². The maximum absolute atomic E-state index is 11.9. The van der Waals surface area contributed by atoms with Gasteiger partial charge in [-0.1, -0.05) is 54.9 Å². The normalized spacial score (nSPS) is 21.2. The first-order valence-corrected chi connectivity index (χ1v) is 18.8. The highest BCUT2D eigenvalue weighted by Crippen LogP contribution is 2.41. The first-order chi connectivity index (χ1) is 26.0. The molecular formula is C42H51ClN4O7. The van der Waals surface area contributed by atoms with Gasteiger partial charge in [-0.2, -0.15) is 5.26 Å². The van der Waals surface area contributed by atoms with E-state index in [0.29, 0.717) is 40.7 Å². The van der Waals surface area contributed by atoms with Crippen molar-refractivity contribution >= 4 is 23.1 Å². The van der Waals surface area contributed by atoms with Gasteiger partial charge in [-0.3, -0.25) is 15.1 Å². The number of aromatic nitrogens is 1. The SMILES string of the molecule is Cc1ccccc1C1=CC=CC(COc2cc(OCc3cncc(C#N)c3)c(CNC(C)(CO)C(=O)O)cc2Cl)(OCCCN2CCCC(CO)C2)C1C. The maximum atomic E-state index is 11.9. The number of likely N-dealkylation sites (tertiary alicyclic amines) is 1. The average Bonchev–Trinajstić information content (AvgIpc) is 3.19. The summed E-state index contributed by atoms with van der Waals surface area (Å²) in [6.07, 6.45) is 12.2. The molecule has 5 rings (SSSR count). The van der Waals surface area contributed by atoms with Crippen LogP contribution in [0.1, 0.15) is 60.9 Å². The Bertz CT molecular complexity index is 1860. The standard InChI is InChI=1S/C42H51ClN4O7/c1-29-9-4-5-11-35(29)36-12-6-13-42(30(36)2,54-16-8-15-47-14-7-10-31(24-47)25-48)28-53-39-19-38(52-26-33-17-32(20-44)21-45-22-33)34(18-37(39)43)23-46-41(3,27-49)40(50)51/h4-6,9,11-13,17-19,21-22,30-31,46,48-49H,7-8,10,14-16,23-28H2,1-3H3,(H,50,51). The number of nitrogens with zero attached hydrogens (tertiary/aromatic N) is 3. The van der Waals surface area contributed by atoms with Crippen LogP contribution >= 0.6 is 11.6 Å². The molecule has 1 saturated heterocycles. The summed E-state index contributed by atoms with van der Waals surface area (Å²) in [7, 11) is 0. The largest absolute Gasteiger partial charge is 0.489 e. The maximum Gasteiger partial charge on any atom is 0.326 e. The monoisotopic (exact) mass is 758 g/mol. The number of halogens is 1. The molecule has 54 heavy (non-hydrogen) atoms. The minimum atomic E-state index is -1.60. The third kappa shape index (κ3) is 10.1. The lowest BCUT2D eigenvalue weighted by molar-refractivity contribution is -0.145. The van der Waals surface area contributed by atoms with E-state index in [1.165, 1.54) is 13.1 Å². The van der Waals surface area contributed by atoms with Crippen LogP contribution in [0.5, 0.6) is 11.5 Å². The number of benzene rings is 2. The van der Waals surface area contributed by atoms with Gasteiger partial charge in [-0.15, -0.1) is 0 Å². The second kappa shape index (κ2) is 18.8. The van der Waals surface area contributed by atoms with Crippen molar-refractivity contribution in [1.82, 2.24) is 15.2 Å². The van der Waals surface area contributed by atoms with E-state index in [2.05, 4.69) is 59.4 Å². The highest BCUT2D eigenvalue weighted by molar-refractivity contribution is 6.32. The van der Waals surface area contributed by atoms with Gasteiger partial charge in [0.1, 0.15) is 41.9 Å². The number of nitriles is 1. The number of hydrogen-bond donors (Lipinski definition) is 4. The van der Waals surface area contributed by atoms with Crippen molar-refractivity contribution in [2.24, 2.45) is 11.8 Å². The summed E-state index contributed by atoms with van der Waals surface area (Å²) in [5, 5.41) is 41.8. The van der Waals surface area contributed by atoms with Crippen molar-refractivity contribution in [2.45, 2.75) is 64.3 Å². The number of aliphatic hydroxyl groups is 2. The molecule has 0 bridgehead atoms. The topological polar surface area (TPSA) is 157 Å². The molecule has 0 radical (unpaired) electrons. The van der Waals surface area contributed by atoms with Crippen LogP contribution in [0, 0.1) is 30.1 Å². The summed E-state index contributed by atoms with van der Waals surface area (Å²) in [5.41, 5.74) is 2.58. The van der Waals surface area contributed by atoms with Crippen LogP contribution in [-0.2, 0) is 22.7 Å². The molecule has 288 valence electrons. The number of allylic oxidation sites excluding steroid dienone is 2. The predicted molar refractivity (Wildman–Crippen MR) is 207 cm³/mol. The fourth-order valence-corrected chi connectivity index (χ4v) is 7.20. The zero-order valence-electron chi connectivity index (χ0n) is 31.3. The third-order valence-electron chi connectivity index (χ3n) is 10.5. The van der Waals surface area contributed by atoms with Gasteiger partial charge in [0.2, 0.25) is 0 Å². The smallest absolute Gasteiger partial charge is 0.326 e. The molecule has 2 aliphatic rings. The molecule has 0 saturated carbocycles. The number of rotatable bonds is 18. The molecule has 1 fully saturated rings. The second-order valence-corrected chi connectivity index (χ2v) is 14.9. The zero-order valence-corrected chi connectivity index (χ0v) is 32.0. The number of carboxylic acid groups (broad SMARTS) is 1. The van der Waals surface area contributed by atoms with Crippen LogP contribution in [0.4, 0.5) is 0 Å². The number of aryl methyl sites for hydroxylation is 1. The molecule has 4 atom stereocenters. The van der Waals surface area contributed by atoms with E-state index in [4.69, 9.17) is 25.8 Å². The van der Waals surface area contributed by atoms with E-state index < -0.39 is 23.7 Å². The molecule has 1 aromatic heterocycles. The van der Waals surface area contributed by atoms with Gasteiger partial charge in [0.15, 0.2) is 0 Å². The molecule has 2 heterocycles. The minimum absolute atomic E-state index is 0.0165. The van der Waals surface area contributed by atoms with Crippen LogP contribution in [0.2, 0.25) is 5.02 Å². The fraction of sp³-hybridized carbons (Fsp3) is 0.452. The first kappa shape index (κ1) is 40.9. The lowest BCUT2D eigenvalue weighted by Gasteiger charge is -2.40. The molecule has 0 amide bonds. The van der Waals surface area contributed by atoms with Gasteiger partial charge in [0.05, 0.1) is 17.2 Å². The van der Waals surface area contributed by atoms with Crippen molar-refractivity contribution in [3.8, 4) is 17.6 Å². The number of carbonyl (C=O) groups is 1. The fourth-order valence-electron chi connectivity index (χ4n) is 6.96. The Morgan fingerprint density at radius 1 is 1.19 bits per heavy atom. The van der Waals surface area contributed by atoms with Crippen molar-refractivity contribution in [3.05, 3.63) is 106 Å². The summed E-state index contributed by atoms with van der Waals surface area (Å²) in [6, 6.07) is 15.4. The molecule has 12 heteroatoms. The zero-order chi connectivity index (χ0) is 38.7. The van der Waals surface area contributed by atoms with Crippen molar-refractivity contribution in [1.29, 1.82) is 5.26 Å². The van der Waals surface area contributed by atoms with Crippen molar-refractivity contribution < 1.29 is 34.3 Å². The lowest BCUT2D eigenvalue weighted by atomic mass is 9.76. The summed E-state index contributed by atoms with van der Waals surface area (Å²) in [6.45, 7) is 8.73. The minimum Gasteiger partial charge on any atom is -0.489 e. The van der Waals surface area contributed by atoms with E-state index in [1.54, 1.807) is 24.4 Å². The van der Waals surface area contributed by atoms with Crippen molar-refractivity contribution in [2.75, 3.05) is 46.1 Å². The van der Waals surface area contributed by atoms with Crippen LogP contribution in [-0.4, -0.2) is 88.4 Å². The summed E-state index contributed by atoms with van der Waals surface area (Å²) >= 11 is 6.87. The second-order valence-electron chi connectivity index (χ2n) is 14.5. The number of aliphatic hydroxyl groups excluding tert-OH is 2. The molecule has 0 spiro atoms. The number of carboxylic acids is 1. The summed E-state index contributed by atoms with van der Waals surface area (Å²) in [4.78, 5) is 18.4. The Kier molecular flexibility index (Phi) is 14.3. The molecule has 3 aromatic rings. The Hall–Kier alpha value is -4.28. The number of piperidine rings is 1. The Labute approximate surface area is 322 Å².